The highest BCUT2D eigenvalue weighted by atomic mass is 35.5. The van der Waals surface area contributed by atoms with Crippen LogP contribution in [0, 0.1) is 11.8 Å². The van der Waals surface area contributed by atoms with Gasteiger partial charge in [-0.3, -0.25) is 0 Å². The fraction of sp³-hybridized carbons (Fsp3) is 0.600. The van der Waals surface area contributed by atoms with Gasteiger partial charge in [0.25, 0.3) is 0 Å². The van der Waals surface area contributed by atoms with E-state index in [2.05, 4.69) is 23.8 Å². The van der Waals surface area contributed by atoms with Crippen LogP contribution in [0.3, 0.4) is 0 Å². The fourth-order valence-electron chi connectivity index (χ4n) is 1.86. The van der Waals surface area contributed by atoms with Gasteiger partial charge in [0.2, 0.25) is 15.3 Å². The molecule has 0 amide bonds. The minimum Gasteiger partial charge on any atom is -0.225 e. The zero-order valence-electron chi connectivity index (χ0n) is 9.67. The lowest BCUT2D eigenvalue weighted by Gasteiger charge is -2.15. The van der Waals surface area contributed by atoms with Crippen LogP contribution in [0.5, 0.6) is 0 Å². The van der Waals surface area contributed by atoms with E-state index in [1.807, 2.05) is 0 Å². The van der Waals surface area contributed by atoms with Crippen molar-refractivity contribution in [3.8, 4) is 0 Å². The van der Waals surface area contributed by atoms with Crippen molar-refractivity contribution in [2.24, 2.45) is 11.8 Å². The van der Waals surface area contributed by atoms with Gasteiger partial charge in [0.1, 0.15) is 4.90 Å². The summed E-state index contributed by atoms with van der Waals surface area (Å²) in [5, 5.41) is 0.0482. The van der Waals surface area contributed by atoms with Crippen LogP contribution in [0.1, 0.15) is 13.8 Å². The summed E-state index contributed by atoms with van der Waals surface area (Å²) in [5.41, 5.74) is 0. The topological polar surface area (TPSA) is 63.2 Å². The van der Waals surface area contributed by atoms with Crippen LogP contribution in [0.2, 0.25) is 5.28 Å². The van der Waals surface area contributed by atoms with Gasteiger partial charge in [0.05, 0.1) is 12.4 Å². The number of sulfonamides is 1. The summed E-state index contributed by atoms with van der Waals surface area (Å²) in [5.74, 6) is 0.746. The predicted molar refractivity (Wildman–Crippen MR) is 64.1 cm³/mol. The molecule has 0 spiro atoms. The minimum absolute atomic E-state index is 0.0482. The van der Waals surface area contributed by atoms with E-state index in [1.54, 1.807) is 0 Å². The third kappa shape index (κ3) is 2.43. The summed E-state index contributed by atoms with van der Waals surface area (Å²) < 4.78 is 26.0. The van der Waals surface area contributed by atoms with Gasteiger partial charge < -0.3 is 0 Å². The Morgan fingerprint density at radius 3 is 2.18 bits per heavy atom. The maximum atomic E-state index is 12.2. The fourth-order valence-corrected chi connectivity index (χ4v) is 3.49. The smallest absolute Gasteiger partial charge is 0.225 e. The number of rotatable bonds is 2. The molecular weight excluding hydrogens is 262 g/mol. The minimum atomic E-state index is -3.47. The maximum absolute atomic E-state index is 12.2. The molecule has 2 unspecified atom stereocenters. The average Bonchev–Trinajstić information content (AvgIpc) is 2.60. The van der Waals surface area contributed by atoms with Crippen LogP contribution in [0.4, 0.5) is 0 Å². The van der Waals surface area contributed by atoms with Crippen molar-refractivity contribution in [1.82, 2.24) is 14.3 Å². The first kappa shape index (κ1) is 12.7. The molecule has 0 saturated carbocycles. The molecule has 2 atom stereocenters. The van der Waals surface area contributed by atoms with E-state index in [4.69, 9.17) is 11.6 Å². The third-order valence-corrected chi connectivity index (χ3v) is 5.17. The summed E-state index contributed by atoms with van der Waals surface area (Å²) in [7, 11) is -3.47. The second-order valence-electron chi connectivity index (χ2n) is 4.46. The number of nitrogens with zero attached hydrogens (tertiary/aromatic N) is 3. The third-order valence-electron chi connectivity index (χ3n) is 3.19. The van der Waals surface area contributed by atoms with Crippen LogP contribution in [-0.4, -0.2) is 35.8 Å². The molecule has 17 heavy (non-hydrogen) atoms. The van der Waals surface area contributed by atoms with Crippen molar-refractivity contribution >= 4 is 21.6 Å². The van der Waals surface area contributed by atoms with E-state index < -0.39 is 10.0 Å². The molecule has 1 saturated heterocycles. The Hall–Kier alpha value is -0.720. The van der Waals surface area contributed by atoms with Gasteiger partial charge in [0, 0.05) is 13.1 Å². The van der Waals surface area contributed by atoms with Crippen molar-refractivity contribution < 1.29 is 8.42 Å². The van der Waals surface area contributed by atoms with Gasteiger partial charge in [-0.25, -0.2) is 18.4 Å². The van der Waals surface area contributed by atoms with E-state index in [9.17, 15) is 8.42 Å². The van der Waals surface area contributed by atoms with Crippen molar-refractivity contribution in [2.45, 2.75) is 18.7 Å². The van der Waals surface area contributed by atoms with Gasteiger partial charge >= 0.3 is 0 Å². The Kier molecular flexibility index (Phi) is 3.38. The van der Waals surface area contributed by atoms with E-state index >= 15 is 0 Å². The lowest BCUT2D eigenvalue weighted by atomic mass is 10.0. The average molecular weight is 276 g/mol. The zero-order chi connectivity index (χ0) is 12.6. The molecular formula is C10H14ClN3O2S. The first-order chi connectivity index (χ1) is 7.91. The Balaban J connectivity index is 2.28. The molecule has 0 bridgehead atoms. The summed E-state index contributed by atoms with van der Waals surface area (Å²) in [6, 6.07) is 0. The Morgan fingerprint density at radius 1 is 1.24 bits per heavy atom. The highest BCUT2D eigenvalue weighted by Crippen LogP contribution is 2.27. The van der Waals surface area contributed by atoms with Gasteiger partial charge in [-0.15, -0.1) is 0 Å². The molecule has 2 heterocycles. The van der Waals surface area contributed by atoms with Gasteiger partial charge in [-0.05, 0) is 23.4 Å². The van der Waals surface area contributed by atoms with Gasteiger partial charge in [0.15, 0.2) is 0 Å². The van der Waals surface area contributed by atoms with Crippen molar-refractivity contribution in [1.29, 1.82) is 0 Å². The van der Waals surface area contributed by atoms with Gasteiger partial charge in [-0.2, -0.15) is 4.31 Å². The number of aromatic nitrogens is 2. The summed E-state index contributed by atoms with van der Waals surface area (Å²) in [6.07, 6.45) is 2.50. The quantitative estimate of drug-likeness (QED) is 0.766. The predicted octanol–water partition coefficient (Wildman–Crippen LogP) is 1.41. The molecule has 1 aliphatic rings. The lowest BCUT2D eigenvalue weighted by Crippen LogP contribution is -2.29. The van der Waals surface area contributed by atoms with E-state index in [0.29, 0.717) is 24.9 Å². The van der Waals surface area contributed by atoms with Crippen molar-refractivity contribution in [3.63, 3.8) is 0 Å². The van der Waals surface area contributed by atoms with Crippen LogP contribution in [0.15, 0.2) is 17.3 Å². The molecule has 0 radical (unpaired) electrons. The molecule has 5 nitrogen and oxygen atoms in total. The second-order valence-corrected chi connectivity index (χ2v) is 6.74. The van der Waals surface area contributed by atoms with Crippen LogP contribution in [-0.2, 0) is 10.0 Å². The van der Waals surface area contributed by atoms with Crippen molar-refractivity contribution in [3.05, 3.63) is 17.7 Å². The van der Waals surface area contributed by atoms with Gasteiger partial charge in [-0.1, -0.05) is 13.8 Å². The molecule has 7 heteroatoms. The highest BCUT2D eigenvalue weighted by molar-refractivity contribution is 7.89. The normalized spacial score (nSPS) is 26.3. The number of halogens is 1. The van der Waals surface area contributed by atoms with Crippen LogP contribution in [0.25, 0.3) is 0 Å². The Morgan fingerprint density at radius 2 is 1.71 bits per heavy atom. The highest BCUT2D eigenvalue weighted by Gasteiger charge is 2.35. The summed E-state index contributed by atoms with van der Waals surface area (Å²) >= 11 is 5.54. The SMILES string of the molecule is CC1CN(S(=O)(=O)c2cnc(Cl)nc2)CC1C. The summed E-state index contributed by atoms with van der Waals surface area (Å²) in [6.45, 7) is 5.20. The molecule has 1 aliphatic heterocycles. The molecule has 0 N–H and O–H groups in total. The first-order valence-corrected chi connectivity index (χ1v) is 7.20. The molecule has 1 fully saturated rings. The second kappa shape index (κ2) is 4.51. The molecule has 0 aromatic carbocycles. The first-order valence-electron chi connectivity index (χ1n) is 5.39. The lowest BCUT2D eigenvalue weighted by molar-refractivity contribution is 0.462. The van der Waals surface area contributed by atoms with Crippen molar-refractivity contribution in [2.75, 3.05) is 13.1 Å². The maximum Gasteiger partial charge on any atom is 0.246 e. The molecule has 0 aliphatic carbocycles. The van der Waals surface area contributed by atoms with Crippen LogP contribution < -0.4 is 0 Å². The number of hydrogen-bond acceptors (Lipinski definition) is 4. The number of hydrogen-bond donors (Lipinski definition) is 0. The molecule has 94 valence electrons. The summed E-state index contributed by atoms with van der Waals surface area (Å²) in [4.78, 5) is 7.51. The monoisotopic (exact) mass is 275 g/mol. The standard InChI is InChI=1S/C10H14ClN3O2S/c1-7-5-14(6-8(7)2)17(15,16)9-3-12-10(11)13-4-9/h3-4,7-8H,5-6H2,1-2H3. The largest absolute Gasteiger partial charge is 0.246 e. The Bertz CT molecular complexity index is 493. The Labute approximate surface area is 106 Å². The van der Waals surface area contributed by atoms with E-state index in [1.165, 1.54) is 16.7 Å². The molecule has 1 aromatic rings. The van der Waals surface area contributed by atoms with Crippen LogP contribution >= 0.6 is 11.6 Å². The zero-order valence-corrected chi connectivity index (χ0v) is 11.2. The molecule has 2 rings (SSSR count). The molecule has 1 aromatic heterocycles. The van der Waals surface area contributed by atoms with E-state index in [-0.39, 0.29) is 10.2 Å². The van der Waals surface area contributed by atoms with E-state index in [0.717, 1.165) is 0 Å².